The van der Waals surface area contributed by atoms with Crippen molar-refractivity contribution in [1.82, 2.24) is 9.13 Å². The Balaban J connectivity index is 1.86. The molecule has 9 heteroatoms. The molecule has 2 N–H and O–H groups in total. The summed E-state index contributed by atoms with van der Waals surface area (Å²) < 4.78 is 13.2. The van der Waals surface area contributed by atoms with Gasteiger partial charge < -0.3 is 15.2 Å². The predicted octanol–water partition coefficient (Wildman–Crippen LogP) is 2.85. The fourth-order valence-corrected chi connectivity index (χ4v) is 3.64. The van der Waals surface area contributed by atoms with E-state index in [-0.39, 0.29) is 25.0 Å². The number of amides is 1. The highest BCUT2D eigenvalue weighted by atomic mass is 16.6. The third-order valence-corrected chi connectivity index (χ3v) is 5.22. The lowest BCUT2D eigenvalue weighted by Gasteiger charge is -2.20. The number of rotatable bonds is 8. The van der Waals surface area contributed by atoms with Gasteiger partial charge in [-0.2, -0.15) is 0 Å². The summed E-state index contributed by atoms with van der Waals surface area (Å²) in [5.74, 6) is -1.78. The van der Waals surface area contributed by atoms with Crippen LogP contribution in [-0.2, 0) is 32.7 Å². The number of carbonyl (C=O) groups is 3. The number of hydrogen-bond acceptors (Lipinski definition) is 6. The Hall–Kier alpha value is -3.88. The van der Waals surface area contributed by atoms with Gasteiger partial charge in [0, 0.05) is 13.5 Å². The summed E-state index contributed by atoms with van der Waals surface area (Å²) in [6, 6.07) is 12.8. The van der Waals surface area contributed by atoms with Gasteiger partial charge in [0.05, 0.1) is 16.6 Å². The molecular formula is C25H29N3O6. The van der Waals surface area contributed by atoms with Crippen molar-refractivity contribution in [3.05, 3.63) is 70.1 Å². The monoisotopic (exact) mass is 467 g/mol. The number of benzene rings is 2. The smallest absolute Gasteiger partial charge is 0.338 e. The maximum Gasteiger partial charge on any atom is 0.338 e. The molecule has 0 radical (unpaired) electrons. The normalized spacial score (nSPS) is 12.4. The number of carbonyl (C=O) groups excluding carboxylic acids is 3. The molecule has 0 saturated carbocycles. The predicted molar refractivity (Wildman–Crippen MR) is 126 cm³/mol. The zero-order valence-electron chi connectivity index (χ0n) is 19.7. The van der Waals surface area contributed by atoms with Crippen molar-refractivity contribution in [3.63, 3.8) is 0 Å². The molecule has 1 atom stereocenters. The fourth-order valence-electron chi connectivity index (χ4n) is 3.64. The van der Waals surface area contributed by atoms with Crippen molar-refractivity contribution in [2.45, 2.75) is 51.9 Å². The molecule has 0 bridgehead atoms. The minimum atomic E-state index is -1.06. The van der Waals surface area contributed by atoms with Crippen molar-refractivity contribution >= 4 is 28.9 Å². The van der Waals surface area contributed by atoms with E-state index in [1.165, 1.54) is 28.3 Å². The molecule has 180 valence electrons. The maximum atomic E-state index is 13.0. The van der Waals surface area contributed by atoms with Crippen LogP contribution in [0.1, 0.15) is 55.6 Å². The highest BCUT2D eigenvalue weighted by molar-refractivity contribution is 5.94. The van der Waals surface area contributed by atoms with E-state index in [0.29, 0.717) is 11.0 Å². The molecule has 0 aliphatic heterocycles. The Morgan fingerprint density at radius 1 is 1.03 bits per heavy atom. The van der Waals surface area contributed by atoms with Crippen molar-refractivity contribution < 1.29 is 23.9 Å². The molecule has 2 aromatic carbocycles. The van der Waals surface area contributed by atoms with Crippen molar-refractivity contribution in [1.29, 1.82) is 0 Å². The second-order valence-electron chi connectivity index (χ2n) is 9.02. The first-order valence-electron chi connectivity index (χ1n) is 10.9. The number of esters is 2. The Kier molecular flexibility index (Phi) is 7.24. The minimum absolute atomic E-state index is 0.00410. The summed E-state index contributed by atoms with van der Waals surface area (Å²) >= 11 is 0. The topological polar surface area (TPSA) is 123 Å². The molecule has 3 rings (SSSR count). The van der Waals surface area contributed by atoms with Gasteiger partial charge in [-0.3, -0.25) is 18.7 Å². The largest absolute Gasteiger partial charge is 0.460 e. The van der Waals surface area contributed by atoms with Crippen LogP contribution < -0.4 is 11.4 Å². The summed E-state index contributed by atoms with van der Waals surface area (Å²) in [5, 5.41) is 0. The lowest BCUT2D eigenvalue weighted by atomic mass is 10.1. The van der Waals surface area contributed by atoms with Crippen LogP contribution in [0.25, 0.3) is 11.0 Å². The molecule has 1 aromatic heterocycles. The van der Waals surface area contributed by atoms with Crippen LogP contribution in [0.3, 0.4) is 0 Å². The van der Waals surface area contributed by atoms with E-state index >= 15 is 0 Å². The van der Waals surface area contributed by atoms with Crippen molar-refractivity contribution in [2.75, 3.05) is 0 Å². The van der Waals surface area contributed by atoms with Gasteiger partial charge in [0.15, 0.2) is 0 Å². The first-order chi connectivity index (χ1) is 16.0. The van der Waals surface area contributed by atoms with Crippen molar-refractivity contribution in [2.24, 2.45) is 12.8 Å². The van der Waals surface area contributed by atoms with Crippen LogP contribution in [0.4, 0.5) is 0 Å². The van der Waals surface area contributed by atoms with Gasteiger partial charge >= 0.3 is 17.6 Å². The van der Waals surface area contributed by atoms with Crippen LogP contribution in [0.5, 0.6) is 0 Å². The number of imidazole rings is 1. The van der Waals surface area contributed by atoms with Gasteiger partial charge in [0.25, 0.3) is 0 Å². The van der Waals surface area contributed by atoms with Gasteiger partial charge in [-0.1, -0.05) is 30.3 Å². The summed E-state index contributed by atoms with van der Waals surface area (Å²) in [6.45, 7) is 5.35. The lowest BCUT2D eigenvalue weighted by molar-refractivity contribution is -0.155. The van der Waals surface area contributed by atoms with E-state index in [4.69, 9.17) is 15.2 Å². The number of nitrogens with zero attached hydrogens (tertiary/aromatic N) is 2. The molecule has 0 aliphatic rings. The Morgan fingerprint density at radius 2 is 1.71 bits per heavy atom. The van der Waals surface area contributed by atoms with Crippen LogP contribution in [0.15, 0.2) is 53.3 Å². The van der Waals surface area contributed by atoms with Gasteiger partial charge in [0.2, 0.25) is 5.91 Å². The summed E-state index contributed by atoms with van der Waals surface area (Å²) in [5.41, 5.74) is 6.40. The maximum absolute atomic E-state index is 13.0. The zero-order chi connectivity index (χ0) is 25.0. The Bertz CT molecular complexity index is 1270. The lowest BCUT2D eigenvalue weighted by Crippen LogP contribution is -2.35. The molecule has 34 heavy (non-hydrogen) atoms. The van der Waals surface area contributed by atoms with E-state index in [0.717, 1.165) is 5.56 Å². The molecule has 0 unspecified atom stereocenters. The Labute approximate surface area is 197 Å². The quantitative estimate of drug-likeness (QED) is 0.508. The summed E-state index contributed by atoms with van der Waals surface area (Å²) in [7, 11) is 1.53. The summed E-state index contributed by atoms with van der Waals surface area (Å²) in [6.07, 6.45) is -0.0816. The van der Waals surface area contributed by atoms with Crippen LogP contribution in [0, 0.1) is 0 Å². The van der Waals surface area contributed by atoms with Gasteiger partial charge in [-0.05, 0) is 51.0 Å². The minimum Gasteiger partial charge on any atom is -0.460 e. The number of aromatic nitrogens is 2. The SMILES string of the molecule is Cn1c(=O)n([C@H](CCC(=O)OC(C)(C)C)C(N)=O)c2ccc(C(=O)OCc3ccccc3)cc21. The molecular weight excluding hydrogens is 438 g/mol. The first kappa shape index (κ1) is 24.8. The van der Waals surface area contributed by atoms with E-state index in [1.807, 2.05) is 30.3 Å². The number of fused-ring (bicyclic) bond motifs is 1. The number of hydrogen-bond donors (Lipinski definition) is 1. The molecule has 1 amide bonds. The number of primary amides is 1. The molecule has 9 nitrogen and oxygen atoms in total. The second-order valence-corrected chi connectivity index (χ2v) is 9.02. The van der Waals surface area contributed by atoms with Gasteiger partial charge in [-0.25, -0.2) is 9.59 Å². The molecule has 0 aliphatic carbocycles. The molecule has 0 spiro atoms. The van der Waals surface area contributed by atoms with Crippen molar-refractivity contribution in [3.8, 4) is 0 Å². The average Bonchev–Trinajstić information content (AvgIpc) is 3.01. The molecule has 0 fully saturated rings. The van der Waals surface area contributed by atoms with E-state index in [1.54, 1.807) is 26.8 Å². The second kappa shape index (κ2) is 9.94. The Morgan fingerprint density at radius 3 is 2.32 bits per heavy atom. The highest BCUT2D eigenvalue weighted by Gasteiger charge is 2.26. The average molecular weight is 468 g/mol. The molecule has 3 aromatic rings. The van der Waals surface area contributed by atoms with Crippen LogP contribution in [0.2, 0.25) is 0 Å². The third kappa shape index (κ3) is 5.72. The zero-order valence-corrected chi connectivity index (χ0v) is 19.7. The fraction of sp³-hybridized carbons (Fsp3) is 0.360. The molecule has 1 heterocycles. The van der Waals surface area contributed by atoms with E-state index < -0.39 is 35.2 Å². The third-order valence-electron chi connectivity index (χ3n) is 5.22. The van der Waals surface area contributed by atoms with Crippen LogP contribution >= 0.6 is 0 Å². The van der Waals surface area contributed by atoms with E-state index in [9.17, 15) is 19.2 Å². The highest BCUT2D eigenvalue weighted by Crippen LogP contribution is 2.23. The number of aryl methyl sites for hydroxylation is 1. The molecule has 0 saturated heterocycles. The van der Waals surface area contributed by atoms with E-state index in [2.05, 4.69) is 0 Å². The number of ether oxygens (including phenoxy) is 2. The standard InChI is InChI=1S/C25H29N3O6/c1-25(2,3)34-21(29)13-12-19(22(26)30)28-18-11-10-17(14-20(18)27(4)24(28)32)23(31)33-15-16-8-6-5-7-9-16/h5-11,14,19H,12-13,15H2,1-4H3,(H2,26,30)/t19-/m1/s1. The van der Waals surface area contributed by atoms with Gasteiger partial charge in [0.1, 0.15) is 18.2 Å². The van der Waals surface area contributed by atoms with Gasteiger partial charge in [-0.15, -0.1) is 0 Å². The van der Waals surface area contributed by atoms with Crippen LogP contribution in [-0.4, -0.2) is 32.6 Å². The summed E-state index contributed by atoms with van der Waals surface area (Å²) in [4.78, 5) is 49.9. The number of nitrogens with two attached hydrogens (primary N) is 1. The first-order valence-corrected chi connectivity index (χ1v) is 10.9.